The molecule has 0 radical (unpaired) electrons. The Morgan fingerprint density at radius 1 is 0.966 bits per heavy atom. The largest absolute Gasteiger partial charge is 0.469 e. The average molecular weight is 393 g/mol. The number of rotatable bonds is 7. The van der Waals surface area contributed by atoms with Gasteiger partial charge >= 0.3 is 11.9 Å². The highest BCUT2D eigenvalue weighted by molar-refractivity contribution is 5.75. The van der Waals surface area contributed by atoms with Gasteiger partial charge in [0.1, 0.15) is 11.0 Å². The molecule has 0 aliphatic rings. The molecule has 2 aromatic carbocycles. The lowest BCUT2D eigenvalue weighted by atomic mass is 9.65. The average Bonchev–Trinajstić information content (AvgIpc) is 2.70. The predicted octanol–water partition coefficient (Wildman–Crippen LogP) is 4.53. The molecule has 29 heavy (non-hydrogen) atoms. The van der Waals surface area contributed by atoms with E-state index in [-0.39, 0.29) is 12.8 Å². The van der Waals surface area contributed by atoms with Gasteiger partial charge in [-0.15, -0.1) is 0 Å². The molecule has 2 atom stereocenters. The van der Waals surface area contributed by atoms with Crippen molar-refractivity contribution >= 4 is 11.9 Å². The Labute approximate surface area is 172 Å². The number of hydrogen-bond donors (Lipinski definition) is 0. The first-order valence-corrected chi connectivity index (χ1v) is 9.52. The molecule has 0 amide bonds. The minimum absolute atomic E-state index is 0.0409. The van der Waals surface area contributed by atoms with Crippen molar-refractivity contribution in [2.45, 2.75) is 50.5 Å². The first-order chi connectivity index (χ1) is 13.7. The van der Waals surface area contributed by atoms with Crippen LogP contribution in [0.3, 0.4) is 0 Å². The summed E-state index contributed by atoms with van der Waals surface area (Å²) < 4.78 is 10.4. The highest BCUT2D eigenvalue weighted by Gasteiger charge is 2.45. The Kier molecular flexibility index (Phi) is 7.17. The highest BCUT2D eigenvalue weighted by atomic mass is 16.6. The fraction of sp³-hybridized carbons (Fsp3) is 0.375. The molecule has 0 spiro atoms. The predicted molar refractivity (Wildman–Crippen MR) is 110 cm³/mol. The Morgan fingerprint density at radius 2 is 1.52 bits per heavy atom. The normalized spacial score (nSPS) is 14.2. The second-order valence-electron chi connectivity index (χ2n) is 7.96. The molecule has 0 fully saturated rings. The van der Waals surface area contributed by atoms with Crippen LogP contribution in [-0.2, 0) is 24.5 Å². The van der Waals surface area contributed by atoms with Crippen molar-refractivity contribution in [3.8, 4) is 6.07 Å². The van der Waals surface area contributed by atoms with Crippen molar-refractivity contribution in [3.05, 3.63) is 71.8 Å². The highest BCUT2D eigenvalue weighted by Crippen LogP contribution is 2.44. The second kappa shape index (κ2) is 9.38. The van der Waals surface area contributed by atoms with E-state index in [9.17, 15) is 14.9 Å². The number of carbonyl (C=O) groups excluding carboxylic acids is 2. The van der Waals surface area contributed by atoms with Crippen LogP contribution in [0.5, 0.6) is 0 Å². The van der Waals surface area contributed by atoms with E-state index in [2.05, 4.69) is 6.07 Å². The fourth-order valence-corrected chi connectivity index (χ4v) is 3.46. The molecule has 2 rings (SSSR count). The summed E-state index contributed by atoms with van der Waals surface area (Å²) in [6, 6.07) is 20.7. The van der Waals surface area contributed by atoms with Crippen LogP contribution in [0.25, 0.3) is 0 Å². The van der Waals surface area contributed by atoms with Crippen molar-refractivity contribution in [1.29, 1.82) is 5.26 Å². The van der Waals surface area contributed by atoms with E-state index >= 15 is 0 Å². The van der Waals surface area contributed by atoms with Gasteiger partial charge in [0.25, 0.3) is 0 Å². The Balaban J connectivity index is 2.62. The maximum atomic E-state index is 12.7. The molecule has 5 nitrogen and oxygen atoms in total. The molecular weight excluding hydrogens is 366 g/mol. The van der Waals surface area contributed by atoms with E-state index in [0.29, 0.717) is 5.56 Å². The number of hydrogen-bond acceptors (Lipinski definition) is 5. The van der Waals surface area contributed by atoms with Crippen LogP contribution < -0.4 is 0 Å². The number of ether oxygens (including phenoxy) is 2. The van der Waals surface area contributed by atoms with E-state index in [4.69, 9.17) is 9.47 Å². The molecule has 0 N–H and O–H groups in total. The minimum atomic E-state index is -1.29. The van der Waals surface area contributed by atoms with Gasteiger partial charge in [-0.2, -0.15) is 5.26 Å². The molecular formula is C24H27NO4. The van der Waals surface area contributed by atoms with Crippen LogP contribution in [-0.4, -0.2) is 24.6 Å². The van der Waals surface area contributed by atoms with Gasteiger partial charge in [0, 0.05) is 5.92 Å². The van der Waals surface area contributed by atoms with Gasteiger partial charge in [-0.05, 0) is 31.9 Å². The van der Waals surface area contributed by atoms with Crippen molar-refractivity contribution in [2.75, 3.05) is 7.11 Å². The van der Waals surface area contributed by atoms with Gasteiger partial charge in [-0.3, -0.25) is 9.59 Å². The zero-order valence-electron chi connectivity index (χ0n) is 17.3. The van der Waals surface area contributed by atoms with Crippen molar-refractivity contribution in [3.63, 3.8) is 0 Å². The summed E-state index contributed by atoms with van der Waals surface area (Å²) in [5, 5.41) is 10.3. The van der Waals surface area contributed by atoms with E-state index in [1.54, 1.807) is 32.9 Å². The van der Waals surface area contributed by atoms with Gasteiger partial charge in [0.15, 0.2) is 0 Å². The van der Waals surface area contributed by atoms with Crippen molar-refractivity contribution in [1.82, 2.24) is 0 Å². The quantitative estimate of drug-likeness (QED) is 0.646. The lowest BCUT2D eigenvalue weighted by Gasteiger charge is -2.35. The third kappa shape index (κ3) is 5.68. The molecule has 0 heterocycles. The summed E-state index contributed by atoms with van der Waals surface area (Å²) in [6.45, 7) is 5.39. The Hall–Kier alpha value is -3.13. The number of carbonyl (C=O) groups is 2. The fourth-order valence-electron chi connectivity index (χ4n) is 3.46. The summed E-state index contributed by atoms with van der Waals surface area (Å²) in [6.07, 6.45) is -0.215. The molecule has 152 valence electrons. The van der Waals surface area contributed by atoms with Gasteiger partial charge in [-0.1, -0.05) is 60.7 Å². The summed E-state index contributed by atoms with van der Waals surface area (Å²) in [7, 11) is 1.29. The van der Waals surface area contributed by atoms with E-state index in [0.717, 1.165) is 5.56 Å². The maximum absolute atomic E-state index is 12.7. The van der Waals surface area contributed by atoms with Crippen molar-refractivity contribution in [2.24, 2.45) is 0 Å². The molecule has 0 saturated carbocycles. The van der Waals surface area contributed by atoms with Gasteiger partial charge in [0.05, 0.1) is 26.0 Å². The molecule has 0 saturated heterocycles. The zero-order valence-corrected chi connectivity index (χ0v) is 17.3. The van der Waals surface area contributed by atoms with Gasteiger partial charge < -0.3 is 9.47 Å². The summed E-state index contributed by atoms with van der Waals surface area (Å²) in [4.78, 5) is 25.1. The van der Waals surface area contributed by atoms with Crippen LogP contribution in [0.15, 0.2) is 60.7 Å². The topological polar surface area (TPSA) is 76.4 Å². The van der Waals surface area contributed by atoms with E-state index in [1.807, 2.05) is 48.5 Å². The second-order valence-corrected chi connectivity index (χ2v) is 7.96. The van der Waals surface area contributed by atoms with Crippen LogP contribution in [0.4, 0.5) is 0 Å². The minimum Gasteiger partial charge on any atom is -0.469 e. The number of methoxy groups -OCH3 is 1. The van der Waals surface area contributed by atoms with Crippen LogP contribution in [0.1, 0.15) is 50.7 Å². The first-order valence-electron chi connectivity index (χ1n) is 9.52. The number of esters is 2. The smallest absolute Gasteiger partial charge is 0.307 e. The molecule has 0 aliphatic carbocycles. The number of nitrogens with zero attached hydrogens (tertiary/aromatic N) is 1. The molecule has 0 aliphatic heterocycles. The Morgan fingerprint density at radius 3 is 2.00 bits per heavy atom. The van der Waals surface area contributed by atoms with Gasteiger partial charge in [0.2, 0.25) is 0 Å². The summed E-state index contributed by atoms with van der Waals surface area (Å²) in [5.41, 5.74) is -0.493. The molecule has 0 unspecified atom stereocenters. The van der Waals surface area contributed by atoms with E-state index < -0.39 is 28.9 Å². The number of nitriles is 1. The standard InChI is InChI=1S/C24H27NO4/c1-23(2,3)29-21(26)15-20(18-11-7-5-8-12-18)24(17-25,16-22(27)28-4)19-13-9-6-10-14-19/h5-14,20H,15-16H2,1-4H3/t20-,24+/m0/s1. The molecule has 5 heteroatoms. The molecule has 0 aromatic heterocycles. The third-order valence-electron chi connectivity index (χ3n) is 4.73. The zero-order chi connectivity index (χ0) is 21.5. The lowest BCUT2D eigenvalue weighted by molar-refractivity contribution is -0.156. The van der Waals surface area contributed by atoms with Gasteiger partial charge in [-0.25, -0.2) is 0 Å². The monoisotopic (exact) mass is 393 g/mol. The van der Waals surface area contributed by atoms with Crippen LogP contribution in [0, 0.1) is 11.3 Å². The lowest BCUT2D eigenvalue weighted by Crippen LogP contribution is -2.37. The number of benzene rings is 2. The van der Waals surface area contributed by atoms with Crippen LogP contribution >= 0.6 is 0 Å². The summed E-state index contributed by atoms with van der Waals surface area (Å²) >= 11 is 0. The summed E-state index contributed by atoms with van der Waals surface area (Å²) in [5.74, 6) is -1.53. The SMILES string of the molecule is COC(=O)C[C@@](C#N)(c1ccccc1)[C@@H](CC(=O)OC(C)(C)C)c1ccccc1. The Bertz CT molecular complexity index is 865. The molecule has 2 aromatic rings. The maximum Gasteiger partial charge on any atom is 0.307 e. The first kappa shape index (κ1) is 22.2. The van der Waals surface area contributed by atoms with Crippen molar-refractivity contribution < 1.29 is 19.1 Å². The van der Waals surface area contributed by atoms with E-state index in [1.165, 1.54) is 7.11 Å². The third-order valence-corrected chi connectivity index (χ3v) is 4.73. The van der Waals surface area contributed by atoms with Crippen LogP contribution in [0.2, 0.25) is 0 Å². The molecule has 0 bridgehead atoms.